The van der Waals surface area contributed by atoms with Crippen molar-refractivity contribution in [3.05, 3.63) is 111 Å². The van der Waals surface area contributed by atoms with Crippen LogP contribution in [0.2, 0.25) is 5.02 Å². The smallest absolute Gasteiger partial charge is 0.295 e. The third-order valence-corrected chi connectivity index (χ3v) is 6.07. The molecule has 1 aliphatic rings. The molecular formula is C27H24ClNO3. The number of hydrogen-bond acceptors (Lipinski definition) is 3. The summed E-state index contributed by atoms with van der Waals surface area (Å²) in [6, 6.07) is 21.8. The molecule has 0 spiro atoms. The Kier molecular flexibility index (Phi) is 6.15. The van der Waals surface area contributed by atoms with Crippen molar-refractivity contribution < 1.29 is 14.7 Å². The minimum Gasteiger partial charge on any atom is -0.507 e. The lowest BCUT2D eigenvalue weighted by Gasteiger charge is -2.25. The molecule has 1 aliphatic heterocycles. The second-order valence-electron chi connectivity index (χ2n) is 8.10. The molecule has 0 saturated carbocycles. The largest absolute Gasteiger partial charge is 0.507 e. The highest BCUT2D eigenvalue weighted by molar-refractivity contribution is 6.46. The maximum atomic E-state index is 13.2. The number of Topliss-reactive ketones (excluding diaryl/α,β-unsaturated/α-hetero) is 1. The number of halogens is 1. The van der Waals surface area contributed by atoms with Crippen molar-refractivity contribution in [2.24, 2.45) is 0 Å². The van der Waals surface area contributed by atoms with Crippen LogP contribution in [-0.4, -0.2) is 28.2 Å². The molecule has 0 aromatic heterocycles. The lowest BCUT2D eigenvalue weighted by molar-refractivity contribution is -0.139. The Bertz CT molecular complexity index is 1220. The van der Waals surface area contributed by atoms with Crippen LogP contribution in [0.5, 0.6) is 0 Å². The van der Waals surface area contributed by atoms with Crippen LogP contribution in [0.3, 0.4) is 0 Å². The molecule has 1 N–H and O–H groups in total. The molecule has 1 heterocycles. The first kappa shape index (κ1) is 21.8. The molecule has 1 amide bonds. The zero-order chi connectivity index (χ0) is 22.8. The van der Waals surface area contributed by atoms with E-state index in [1.165, 1.54) is 4.90 Å². The summed E-state index contributed by atoms with van der Waals surface area (Å²) >= 11 is 6.24. The molecule has 0 aliphatic carbocycles. The van der Waals surface area contributed by atoms with Gasteiger partial charge in [0.25, 0.3) is 11.7 Å². The average Bonchev–Trinajstić information content (AvgIpc) is 3.04. The SMILES string of the molecule is Cc1ccc(C)c(/C(O)=C2\C(=O)C(=O)N(CCc3ccccc3)C2c2cccc(Cl)c2)c1. The lowest BCUT2D eigenvalue weighted by Crippen LogP contribution is -2.31. The van der Waals surface area contributed by atoms with Gasteiger partial charge in [0.1, 0.15) is 5.76 Å². The summed E-state index contributed by atoms with van der Waals surface area (Å²) < 4.78 is 0. The summed E-state index contributed by atoms with van der Waals surface area (Å²) in [6.07, 6.45) is 0.592. The quantitative estimate of drug-likeness (QED) is 0.315. The third kappa shape index (κ3) is 4.19. The predicted octanol–water partition coefficient (Wildman–Crippen LogP) is 5.62. The third-order valence-electron chi connectivity index (χ3n) is 5.84. The normalized spacial score (nSPS) is 17.7. The molecule has 3 aromatic carbocycles. The first-order chi connectivity index (χ1) is 15.4. The number of carbonyl (C=O) groups is 2. The number of aliphatic hydroxyl groups is 1. The van der Waals surface area contributed by atoms with E-state index in [1.54, 1.807) is 18.2 Å². The Morgan fingerprint density at radius 2 is 1.72 bits per heavy atom. The average molecular weight is 446 g/mol. The topological polar surface area (TPSA) is 57.6 Å². The number of nitrogens with zero attached hydrogens (tertiary/aromatic N) is 1. The highest BCUT2D eigenvalue weighted by atomic mass is 35.5. The van der Waals surface area contributed by atoms with Crippen molar-refractivity contribution in [3.63, 3.8) is 0 Å². The molecule has 1 unspecified atom stereocenters. The van der Waals surface area contributed by atoms with Crippen molar-refractivity contribution in [2.75, 3.05) is 6.54 Å². The van der Waals surface area contributed by atoms with E-state index >= 15 is 0 Å². The van der Waals surface area contributed by atoms with Gasteiger partial charge in [0.15, 0.2) is 0 Å². The van der Waals surface area contributed by atoms with Crippen LogP contribution in [0.25, 0.3) is 5.76 Å². The zero-order valence-electron chi connectivity index (χ0n) is 18.0. The summed E-state index contributed by atoms with van der Waals surface area (Å²) in [7, 11) is 0. The first-order valence-electron chi connectivity index (χ1n) is 10.5. The van der Waals surface area contributed by atoms with Crippen LogP contribution in [0.15, 0.2) is 78.4 Å². The molecular weight excluding hydrogens is 422 g/mol. The molecule has 0 radical (unpaired) electrons. The summed E-state index contributed by atoms with van der Waals surface area (Å²) in [5, 5.41) is 11.8. The number of amides is 1. The maximum absolute atomic E-state index is 13.2. The number of benzene rings is 3. The number of carbonyl (C=O) groups excluding carboxylic acids is 2. The van der Waals surface area contributed by atoms with E-state index in [0.29, 0.717) is 29.1 Å². The van der Waals surface area contributed by atoms with Crippen molar-refractivity contribution in [1.29, 1.82) is 0 Å². The summed E-state index contributed by atoms with van der Waals surface area (Å²) in [5.74, 6) is -1.45. The van der Waals surface area contributed by atoms with Crippen molar-refractivity contribution >= 4 is 29.1 Å². The highest BCUT2D eigenvalue weighted by Crippen LogP contribution is 2.40. The van der Waals surface area contributed by atoms with Gasteiger partial charge in [0.2, 0.25) is 0 Å². The molecule has 0 bridgehead atoms. The van der Waals surface area contributed by atoms with E-state index in [-0.39, 0.29) is 11.3 Å². The maximum Gasteiger partial charge on any atom is 0.295 e. The Labute approximate surface area is 192 Å². The van der Waals surface area contributed by atoms with Crippen LogP contribution < -0.4 is 0 Å². The highest BCUT2D eigenvalue weighted by Gasteiger charge is 2.46. The van der Waals surface area contributed by atoms with Crippen LogP contribution in [0.1, 0.15) is 33.9 Å². The monoisotopic (exact) mass is 445 g/mol. The van der Waals surface area contributed by atoms with Gasteiger partial charge in [-0.05, 0) is 55.2 Å². The second-order valence-corrected chi connectivity index (χ2v) is 8.54. The van der Waals surface area contributed by atoms with Gasteiger partial charge in [-0.25, -0.2) is 0 Å². The van der Waals surface area contributed by atoms with Gasteiger partial charge in [0, 0.05) is 17.1 Å². The van der Waals surface area contributed by atoms with Gasteiger partial charge in [-0.2, -0.15) is 0 Å². The fourth-order valence-corrected chi connectivity index (χ4v) is 4.36. The molecule has 32 heavy (non-hydrogen) atoms. The summed E-state index contributed by atoms with van der Waals surface area (Å²) in [4.78, 5) is 27.8. The van der Waals surface area contributed by atoms with Gasteiger partial charge in [-0.15, -0.1) is 0 Å². The molecule has 1 atom stereocenters. The standard InChI is InChI=1S/C27H24ClNO3/c1-17-11-12-18(2)22(15-17)25(30)23-24(20-9-6-10-21(28)16-20)29(27(32)26(23)31)14-13-19-7-4-3-5-8-19/h3-12,15-16,24,30H,13-14H2,1-2H3/b25-23+. The predicted molar refractivity (Wildman–Crippen MR) is 127 cm³/mol. The molecule has 1 fully saturated rings. The molecule has 3 aromatic rings. The Hall–Kier alpha value is -3.37. The van der Waals surface area contributed by atoms with Crippen LogP contribution in [-0.2, 0) is 16.0 Å². The number of aryl methyl sites for hydroxylation is 2. The molecule has 5 heteroatoms. The van der Waals surface area contributed by atoms with E-state index in [9.17, 15) is 14.7 Å². The van der Waals surface area contributed by atoms with Crippen molar-refractivity contribution in [3.8, 4) is 0 Å². The van der Waals surface area contributed by atoms with E-state index in [4.69, 9.17) is 11.6 Å². The van der Waals surface area contributed by atoms with Gasteiger partial charge in [-0.1, -0.05) is 71.8 Å². The Morgan fingerprint density at radius 1 is 0.969 bits per heavy atom. The van der Waals surface area contributed by atoms with E-state index in [2.05, 4.69) is 0 Å². The van der Waals surface area contributed by atoms with Crippen molar-refractivity contribution in [2.45, 2.75) is 26.3 Å². The summed E-state index contributed by atoms with van der Waals surface area (Å²) in [5.41, 5.74) is 4.19. The van der Waals surface area contributed by atoms with Crippen LogP contribution in [0, 0.1) is 13.8 Å². The van der Waals surface area contributed by atoms with Crippen LogP contribution in [0.4, 0.5) is 0 Å². The first-order valence-corrected chi connectivity index (χ1v) is 10.9. The van der Waals surface area contributed by atoms with Crippen molar-refractivity contribution in [1.82, 2.24) is 4.90 Å². The van der Waals surface area contributed by atoms with E-state index in [1.807, 2.05) is 68.4 Å². The fraction of sp³-hybridized carbons (Fsp3) is 0.185. The number of aliphatic hydroxyl groups excluding tert-OH is 1. The van der Waals surface area contributed by atoms with Gasteiger partial charge in [-0.3, -0.25) is 9.59 Å². The van der Waals surface area contributed by atoms with E-state index < -0.39 is 17.7 Å². The molecule has 162 valence electrons. The number of rotatable bonds is 5. The number of ketones is 1. The summed E-state index contributed by atoms with van der Waals surface area (Å²) in [6.45, 7) is 4.13. The van der Waals surface area contributed by atoms with Gasteiger partial charge >= 0.3 is 0 Å². The minimum absolute atomic E-state index is 0.0963. The van der Waals surface area contributed by atoms with Gasteiger partial charge in [0.05, 0.1) is 11.6 Å². The number of hydrogen-bond donors (Lipinski definition) is 1. The zero-order valence-corrected chi connectivity index (χ0v) is 18.8. The Balaban J connectivity index is 1.83. The van der Waals surface area contributed by atoms with Crippen LogP contribution >= 0.6 is 11.6 Å². The fourth-order valence-electron chi connectivity index (χ4n) is 4.16. The molecule has 4 nitrogen and oxygen atoms in total. The van der Waals surface area contributed by atoms with E-state index in [0.717, 1.165) is 16.7 Å². The molecule has 4 rings (SSSR count). The second kappa shape index (κ2) is 9.01. The lowest BCUT2D eigenvalue weighted by atomic mass is 9.93. The van der Waals surface area contributed by atoms with Gasteiger partial charge < -0.3 is 10.0 Å². The minimum atomic E-state index is -0.711. The molecule has 1 saturated heterocycles. The number of likely N-dealkylation sites (tertiary alicyclic amines) is 1. The Morgan fingerprint density at radius 3 is 2.44 bits per heavy atom.